The minimum atomic E-state index is -4.80. The molecule has 0 spiro atoms. The first kappa shape index (κ1) is 27.5. The normalized spacial score (nSPS) is 19.2. The van der Waals surface area contributed by atoms with E-state index in [9.17, 15) is 22.8 Å². The predicted molar refractivity (Wildman–Crippen MR) is 139 cm³/mol. The molecular formula is C28H36F3N5O3. The number of rotatable bonds is 9. The predicted octanol–water partition coefficient (Wildman–Crippen LogP) is 5.60. The summed E-state index contributed by atoms with van der Waals surface area (Å²) in [5.41, 5.74) is -1.04. The Morgan fingerprint density at radius 2 is 1.74 bits per heavy atom. The van der Waals surface area contributed by atoms with Gasteiger partial charge in [-0.3, -0.25) is 9.59 Å². The van der Waals surface area contributed by atoms with Crippen LogP contribution in [0.2, 0.25) is 0 Å². The summed E-state index contributed by atoms with van der Waals surface area (Å²) in [6.07, 6.45) is 7.05. The molecule has 3 heterocycles. The van der Waals surface area contributed by atoms with Gasteiger partial charge in [-0.15, -0.1) is 0 Å². The highest BCUT2D eigenvalue weighted by Gasteiger charge is 2.41. The van der Waals surface area contributed by atoms with E-state index in [4.69, 9.17) is 4.42 Å². The second kappa shape index (κ2) is 12.0. The Hall–Kier alpha value is -3.11. The van der Waals surface area contributed by atoms with Gasteiger partial charge < -0.3 is 20.0 Å². The van der Waals surface area contributed by atoms with Crippen LogP contribution in [0.3, 0.4) is 0 Å². The molecule has 2 amide bonds. The summed E-state index contributed by atoms with van der Waals surface area (Å²) < 4.78 is 46.2. The van der Waals surface area contributed by atoms with Crippen LogP contribution in [0.25, 0.3) is 0 Å². The van der Waals surface area contributed by atoms with Gasteiger partial charge in [-0.2, -0.15) is 13.2 Å². The molecule has 39 heavy (non-hydrogen) atoms. The van der Waals surface area contributed by atoms with Gasteiger partial charge in [-0.25, -0.2) is 9.97 Å². The highest BCUT2D eigenvalue weighted by Crippen LogP contribution is 2.34. The van der Waals surface area contributed by atoms with Gasteiger partial charge in [0, 0.05) is 32.0 Å². The molecule has 0 unspecified atom stereocenters. The molecule has 0 bridgehead atoms. The van der Waals surface area contributed by atoms with Crippen molar-refractivity contribution in [3.63, 3.8) is 0 Å². The Labute approximate surface area is 226 Å². The number of carbonyl (C=O) groups excluding carboxylic acids is 2. The van der Waals surface area contributed by atoms with Crippen molar-refractivity contribution in [3.8, 4) is 0 Å². The number of nitrogens with zero attached hydrogens (tertiary/aromatic N) is 3. The molecule has 11 heteroatoms. The van der Waals surface area contributed by atoms with Crippen LogP contribution in [0.4, 0.5) is 24.7 Å². The number of piperidine rings is 1. The highest BCUT2D eigenvalue weighted by atomic mass is 19.4. The lowest BCUT2D eigenvalue weighted by molar-refractivity contribution is -0.141. The molecule has 0 radical (unpaired) electrons. The van der Waals surface area contributed by atoms with Crippen LogP contribution in [0.1, 0.15) is 86.3 Å². The summed E-state index contributed by atoms with van der Waals surface area (Å²) in [6, 6.07) is 3.31. The van der Waals surface area contributed by atoms with E-state index in [2.05, 4.69) is 25.5 Å². The SMILES string of the molecule is O=C(Nc1ccc(N2CCC(C(=O)NCC3CC3)CC2)nc1)c1oc(CCC2CCCCC2)nc1C(F)(F)F. The van der Waals surface area contributed by atoms with E-state index in [1.165, 1.54) is 25.5 Å². The van der Waals surface area contributed by atoms with Gasteiger partial charge in [0.25, 0.3) is 5.91 Å². The van der Waals surface area contributed by atoms with E-state index in [1.807, 2.05) is 0 Å². The number of carbonyl (C=O) groups is 2. The first-order valence-electron chi connectivity index (χ1n) is 14.1. The molecule has 0 atom stereocenters. The first-order valence-corrected chi connectivity index (χ1v) is 14.1. The topological polar surface area (TPSA) is 100 Å². The molecule has 3 fully saturated rings. The molecule has 212 valence electrons. The van der Waals surface area contributed by atoms with Crippen molar-refractivity contribution in [2.24, 2.45) is 17.8 Å². The van der Waals surface area contributed by atoms with Gasteiger partial charge >= 0.3 is 6.18 Å². The molecule has 0 aromatic carbocycles. The Kier molecular flexibility index (Phi) is 8.42. The molecule has 3 aliphatic rings. The lowest BCUT2D eigenvalue weighted by Gasteiger charge is -2.32. The molecule has 2 saturated carbocycles. The van der Waals surface area contributed by atoms with E-state index in [0.29, 0.717) is 37.2 Å². The fourth-order valence-corrected chi connectivity index (χ4v) is 5.54. The zero-order chi connectivity index (χ0) is 27.4. The maximum atomic E-state index is 13.6. The van der Waals surface area contributed by atoms with E-state index >= 15 is 0 Å². The Morgan fingerprint density at radius 1 is 1.00 bits per heavy atom. The van der Waals surface area contributed by atoms with Crippen LogP contribution >= 0.6 is 0 Å². The van der Waals surface area contributed by atoms with Gasteiger partial charge in [0.05, 0.1) is 11.9 Å². The van der Waals surface area contributed by atoms with Crippen molar-refractivity contribution in [2.75, 3.05) is 29.9 Å². The van der Waals surface area contributed by atoms with Crippen LogP contribution in [0.5, 0.6) is 0 Å². The van der Waals surface area contributed by atoms with Gasteiger partial charge in [0.15, 0.2) is 11.6 Å². The highest BCUT2D eigenvalue weighted by molar-refractivity contribution is 6.03. The van der Waals surface area contributed by atoms with Crippen molar-refractivity contribution in [1.29, 1.82) is 0 Å². The van der Waals surface area contributed by atoms with Crippen molar-refractivity contribution in [1.82, 2.24) is 15.3 Å². The third-order valence-electron chi connectivity index (χ3n) is 8.09. The van der Waals surface area contributed by atoms with Gasteiger partial charge in [-0.05, 0) is 56.1 Å². The van der Waals surface area contributed by atoms with Crippen LogP contribution < -0.4 is 15.5 Å². The zero-order valence-corrected chi connectivity index (χ0v) is 22.1. The average Bonchev–Trinajstić information content (AvgIpc) is 3.66. The average molecular weight is 548 g/mol. The number of hydrogen-bond donors (Lipinski definition) is 2. The molecule has 2 aliphatic carbocycles. The minimum absolute atomic E-state index is 0.00384. The Bertz CT molecular complexity index is 1130. The number of nitrogens with one attached hydrogen (secondary N) is 2. The minimum Gasteiger partial charge on any atom is -0.435 e. The quantitative estimate of drug-likeness (QED) is 0.424. The fourth-order valence-electron chi connectivity index (χ4n) is 5.54. The second-order valence-corrected chi connectivity index (χ2v) is 11.1. The maximum Gasteiger partial charge on any atom is 0.437 e. The van der Waals surface area contributed by atoms with Crippen molar-refractivity contribution < 1.29 is 27.2 Å². The standard InChI is InChI=1S/C28H36F3N5O3/c29-28(30,31)25-24(39-23(35-25)11-8-18-4-2-1-3-5-18)27(38)34-21-9-10-22(32-17-21)36-14-12-20(13-15-36)26(37)33-16-19-6-7-19/h9-10,17-20H,1-8,11-16H2,(H,33,37)(H,34,38). The molecule has 2 aromatic rings. The van der Waals surface area contributed by atoms with Crippen LogP contribution in [-0.2, 0) is 17.4 Å². The number of aryl methyl sites for hydroxylation is 1. The largest absolute Gasteiger partial charge is 0.437 e. The molecular weight excluding hydrogens is 511 g/mol. The van der Waals surface area contributed by atoms with E-state index in [1.54, 1.807) is 12.1 Å². The maximum absolute atomic E-state index is 13.6. The third kappa shape index (κ3) is 7.30. The Morgan fingerprint density at radius 3 is 2.38 bits per heavy atom. The molecule has 2 N–H and O–H groups in total. The van der Waals surface area contributed by atoms with E-state index in [0.717, 1.165) is 45.1 Å². The molecule has 1 saturated heterocycles. The summed E-state index contributed by atoms with van der Waals surface area (Å²) in [7, 11) is 0. The number of aromatic nitrogens is 2. The molecule has 5 rings (SSSR count). The summed E-state index contributed by atoms with van der Waals surface area (Å²) in [4.78, 5) is 35.2. The van der Waals surface area contributed by atoms with Crippen molar-refractivity contribution in [3.05, 3.63) is 35.7 Å². The zero-order valence-electron chi connectivity index (χ0n) is 22.1. The van der Waals surface area contributed by atoms with Crippen molar-refractivity contribution in [2.45, 2.75) is 76.8 Å². The Balaban J connectivity index is 1.16. The number of alkyl halides is 3. The summed E-state index contributed by atoms with van der Waals surface area (Å²) in [5, 5.41) is 5.51. The number of amides is 2. The number of hydrogen-bond acceptors (Lipinski definition) is 6. The van der Waals surface area contributed by atoms with Gasteiger partial charge in [0.2, 0.25) is 11.7 Å². The fraction of sp³-hybridized carbons (Fsp3) is 0.643. The number of oxazole rings is 1. The summed E-state index contributed by atoms with van der Waals surface area (Å²) in [5.74, 6) is 0.0122. The van der Waals surface area contributed by atoms with Gasteiger partial charge in [-0.1, -0.05) is 32.1 Å². The number of halogens is 3. The second-order valence-electron chi connectivity index (χ2n) is 11.1. The molecule has 1 aliphatic heterocycles. The lowest BCUT2D eigenvalue weighted by Crippen LogP contribution is -2.41. The van der Waals surface area contributed by atoms with Crippen molar-refractivity contribution >= 4 is 23.3 Å². The van der Waals surface area contributed by atoms with Gasteiger partial charge in [0.1, 0.15) is 5.82 Å². The monoisotopic (exact) mass is 547 g/mol. The van der Waals surface area contributed by atoms with Crippen LogP contribution in [-0.4, -0.2) is 41.4 Å². The van der Waals surface area contributed by atoms with E-state index < -0.39 is 23.5 Å². The molecule has 8 nitrogen and oxygen atoms in total. The number of pyridine rings is 1. The summed E-state index contributed by atoms with van der Waals surface area (Å²) in [6.45, 7) is 2.13. The smallest absolute Gasteiger partial charge is 0.435 e. The first-order chi connectivity index (χ1) is 18.8. The number of anilines is 2. The van der Waals surface area contributed by atoms with Crippen LogP contribution in [0, 0.1) is 17.8 Å². The van der Waals surface area contributed by atoms with Crippen LogP contribution in [0.15, 0.2) is 22.7 Å². The third-order valence-corrected chi connectivity index (χ3v) is 8.09. The molecule has 2 aromatic heterocycles. The lowest BCUT2D eigenvalue weighted by atomic mass is 9.86. The summed E-state index contributed by atoms with van der Waals surface area (Å²) >= 11 is 0. The van der Waals surface area contributed by atoms with E-state index in [-0.39, 0.29) is 29.8 Å².